The molecule has 0 aliphatic heterocycles. The second-order valence-corrected chi connectivity index (χ2v) is 7.42. The summed E-state index contributed by atoms with van der Waals surface area (Å²) in [5.74, 6) is 0.189. The van der Waals surface area contributed by atoms with Crippen LogP contribution in [-0.4, -0.2) is 21.5 Å². The van der Waals surface area contributed by atoms with Gasteiger partial charge in [-0.25, -0.2) is 4.98 Å². The third kappa shape index (κ3) is 4.70. The lowest BCUT2D eigenvalue weighted by molar-refractivity contribution is 0.102. The molecule has 1 N–H and O–H groups in total. The molecular formula is C24H18N2O2S. The van der Waals surface area contributed by atoms with Crippen LogP contribution in [0.1, 0.15) is 10.4 Å². The van der Waals surface area contributed by atoms with Crippen LogP contribution in [0.25, 0.3) is 22.4 Å². The van der Waals surface area contributed by atoms with Crippen molar-refractivity contribution >= 4 is 17.5 Å². The van der Waals surface area contributed by atoms with Crippen molar-refractivity contribution in [2.45, 2.75) is 5.16 Å². The largest absolute Gasteiger partial charge is 0.301 e. The molecule has 4 nitrogen and oxygen atoms in total. The molecule has 5 heteroatoms. The Balaban J connectivity index is 1.46. The van der Waals surface area contributed by atoms with Gasteiger partial charge in [-0.3, -0.25) is 9.59 Å². The van der Waals surface area contributed by atoms with Gasteiger partial charge in [-0.2, -0.15) is 0 Å². The summed E-state index contributed by atoms with van der Waals surface area (Å²) in [5.41, 5.74) is 4.04. The molecule has 0 radical (unpaired) electrons. The lowest BCUT2D eigenvalue weighted by Crippen LogP contribution is -2.10. The Hall–Kier alpha value is -3.44. The summed E-state index contributed by atoms with van der Waals surface area (Å²) in [7, 11) is 0. The molecular weight excluding hydrogens is 380 g/mol. The molecule has 0 spiro atoms. The molecule has 4 rings (SSSR count). The van der Waals surface area contributed by atoms with Crippen molar-refractivity contribution in [3.05, 3.63) is 107 Å². The number of H-pyrrole nitrogens is 1. The first-order valence-electron chi connectivity index (χ1n) is 9.17. The summed E-state index contributed by atoms with van der Waals surface area (Å²) in [5, 5.41) is 0.436. The van der Waals surface area contributed by atoms with E-state index in [2.05, 4.69) is 9.97 Å². The number of aromatic nitrogens is 2. The van der Waals surface area contributed by atoms with Crippen molar-refractivity contribution in [1.29, 1.82) is 0 Å². The van der Waals surface area contributed by atoms with Crippen LogP contribution in [0.2, 0.25) is 0 Å². The highest BCUT2D eigenvalue weighted by Gasteiger charge is 2.10. The molecule has 0 aliphatic rings. The van der Waals surface area contributed by atoms with Crippen molar-refractivity contribution in [3.8, 4) is 22.4 Å². The second kappa shape index (κ2) is 8.71. The van der Waals surface area contributed by atoms with E-state index in [-0.39, 0.29) is 17.1 Å². The van der Waals surface area contributed by atoms with E-state index in [0.717, 1.165) is 16.7 Å². The number of carbonyl (C=O) groups is 1. The van der Waals surface area contributed by atoms with E-state index in [4.69, 9.17) is 0 Å². The number of Topliss-reactive ketones (excluding diaryl/α,β-unsaturated/α-hetero) is 1. The minimum Gasteiger partial charge on any atom is -0.301 e. The summed E-state index contributed by atoms with van der Waals surface area (Å²) in [6, 6.07) is 28.6. The fourth-order valence-electron chi connectivity index (χ4n) is 2.96. The highest BCUT2D eigenvalue weighted by molar-refractivity contribution is 7.99. The van der Waals surface area contributed by atoms with Gasteiger partial charge in [-0.05, 0) is 11.1 Å². The predicted octanol–water partition coefficient (Wildman–Crippen LogP) is 5.08. The van der Waals surface area contributed by atoms with Gasteiger partial charge in [0.05, 0.1) is 11.4 Å². The second-order valence-electron chi connectivity index (χ2n) is 6.46. The number of rotatable bonds is 6. The number of ketones is 1. The van der Waals surface area contributed by atoms with Crippen molar-refractivity contribution in [2.24, 2.45) is 0 Å². The highest BCUT2D eigenvalue weighted by atomic mass is 32.2. The lowest BCUT2D eigenvalue weighted by atomic mass is 10.0. The molecule has 3 aromatic carbocycles. The molecule has 0 saturated heterocycles. The lowest BCUT2D eigenvalue weighted by Gasteiger charge is -2.05. The third-order valence-electron chi connectivity index (χ3n) is 4.44. The summed E-state index contributed by atoms with van der Waals surface area (Å²) >= 11 is 1.23. The fourth-order valence-corrected chi connectivity index (χ4v) is 3.73. The van der Waals surface area contributed by atoms with Crippen LogP contribution in [0, 0.1) is 0 Å². The van der Waals surface area contributed by atoms with Gasteiger partial charge in [0.15, 0.2) is 10.9 Å². The number of nitrogens with one attached hydrogen (secondary N) is 1. The van der Waals surface area contributed by atoms with E-state index < -0.39 is 0 Å². The molecule has 0 saturated carbocycles. The maximum absolute atomic E-state index is 12.6. The Labute approximate surface area is 172 Å². The zero-order chi connectivity index (χ0) is 20.1. The van der Waals surface area contributed by atoms with Crippen LogP contribution >= 0.6 is 11.8 Å². The van der Waals surface area contributed by atoms with Crippen LogP contribution in [-0.2, 0) is 0 Å². The normalized spacial score (nSPS) is 10.6. The number of nitrogens with zero attached hydrogens (tertiary/aromatic N) is 1. The number of hydrogen-bond donors (Lipinski definition) is 1. The van der Waals surface area contributed by atoms with Crippen LogP contribution < -0.4 is 5.56 Å². The van der Waals surface area contributed by atoms with Crippen molar-refractivity contribution in [2.75, 3.05) is 5.75 Å². The summed E-state index contributed by atoms with van der Waals surface area (Å²) in [6.07, 6.45) is 0. The number of benzene rings is 3. The van der Waals surface area contributed by atoms with E-state index in [9.17, 15) is 9.59 Å². The zero-order valence-electron chi connectivity index (χ0n) is 15.5. The Bertz CT molecular complexity index is 1170. The monoisotopic (exact) mass is 398 g/mol. The van der Waals surface area contributed by atoms with E-state index in [1.54, 1.807) is 0 Å². The molecule has 4 aromatic rings. The van der Waals surface area contributed by atoms with Gasteiger partial charge in [-0.1, -0.05) is 96.7 Å². The maximum atomic E-state index is 12.6. The molecule has 142 valence electrons. The average Bonchev–Trinajstić information content (AvgIpc) is 2.78. The molecule has 29 heavy (non-hydrogen) atoms. The van der Waals surface area contributed by atoms with Crippen LogP contribution in [0.5, 0.6) is 0 Å². The fraction of sp³-hybridized carbons (Fsp3) is 0.0417. The Morgan fingerprint density at radius 3 is 2.03 bits per heavy atom. The highest BCUT2D eigenvalue weighted by Crippen LogP contribution is 2.22. The van der Waals surface area contributed by atoms with Gasteiger partial charge in [0.25, 0.3) is 5.56 Å². The standard InChI is InChI=1S/C24H18N2O2S/c27-22(20-13-11-18(12-14-20)17-7-3-1-4-8-17)16-29-24-25-21(15-23(28)26-24)19-9-5-2-6-10-19/h1-15H,16H2,(H,25,26,28). The molecule has 1 heterocycles. The summed E-state index contributed by atoms with van der Waals surface area (Å²) in [6.45, 7) is 0. The quantitative estimate of drug-likeness (QED) is 0.279. The smallest absolute Gasteiger partial charge is 0.252 e. The minimum absolute atomic E-state index is 0.0117. The van der Waals surface area contributed by atoms with Gasteiger partial charge in [0.2, 0.25) is 0 Å². The minimum atomic E-state index is -0.235. The van der Waals surface area contributed by atoms with E-state index >= 15 is 0 Å². The van der Waals surface area contributed by atoms with Gasteiger partial charge in [0, 0.05) is 17.2 Å². The molecule has 1 aromatic heterocycles. The molecule has 0 aliphatic carbocycles. The molecule has 0 unspecified atom stereocenters. The van der Waals surface area contributed by atoms with Crippen LogP contribution in [0.3, 0.4) is 0 Å². The molecule has 0 bridgehead atoms. The molecule has 0 fully saturated rings. The first-order valence-corrected chi connectivity index (χ1v) is 10.2. The van der Waals surface area contributed by atoms with E-state index in [0.29, 0.717) is 16.4 Å². The van der Waals surface area contributed by atoms with Crippen molar-refractivity contribution in [3.63, 3.8) is 0 Å². The first-order chi connectivity index (χ1) is 14.2. The number of thioether (sulfide) groups is 1. The summed E-state index contributed by atoms with van der Waals surface area (Å²) in [4.78, 5) is 31.7. The molecule has 0 amide bonds. The number of carbonyl (C=O) groups excluding carboxylic acids is 1. The molecule has 0 atom stereocenters. The van der Waals surface area contributed by atoms with Crippen molar-refractivity contribution in [1.82, 2.24) is 9.97 Å². The van der Waals surface area contributed by atoms with Gasteiger partial charge >= 0.3 is 0 Å². The maximum Gasteiger partial charge on any atom is 0.252 e. The number of aromatic amines is 1. The zero-order valence-corrected chi connectivity index (χ0v) is 16.4. The average molecular weight is 398 g/mol. The van der Waals surface area contributed by atoms with Crippen LogP contribution in [0.4, 0.5) is 0 Å². The Kier molecular flexibility index (Phi) is 5.68. The Morgan fingerprint density at radius 2 is 1.38 bits per heavy atom. The third-order valence-corrected chi connectivity index (χ3v) is 5.32. The van der Waals surface area contributed by atoms with E-state index in [1.165, 1.54) is 17.8 Å². The number of hydrogen-bond acceptors (Lipinski definition) is 4. The Morgan fingerprint density at radius 1 is 0.793 bits per heavy atom. The van der Waals surface area contributed by atoms with E-state index in [1.807, 2.05) is 84.9 Å². The first kappa shape index (κ1) is 18.9. The van der Waals surface area contributed by atoms with Crippen molar-refractivity contribution < 1.29 is 4.79 Å². The van der Waals surface area contributed by atoms with Gasteiger partial charge in [-0.15, -0.1) is 0 Å². The summed E-state index contributed by atoms with van der Waals surface area (Å²) < 4.78 is 0. The van der Waals surface area contributed by atoms with Crippen LogP contribution in [0.15, 0.2) is 101 Å². The topological polar surface area (TPSA) is 62.8 Å². The van der Waals surface area contributed by atoms with Gasteiger partial charge < -0.3 is 4.98 Å². The van der Waals surface area contributed by atoms with Gasteiger partial charge in [0.1, 0.15) is 0 Å². The predicted molar refractivity (Wildman–Crippen MR) is 117 cm³/mol. The SMILES string of the molecule is O=C(CSc1nc(-c2ccccc2)cc(=O)[nH]1)c1ccc(-c2ccccc2)cc1.